The van der Waals surface area contributed by atoms with E-state index in [1.165, 1.54) is 0 Å². The van der Waals surface area contributed by atoms with Gasteiger partial charge in [-0.2, -0.15) is 4.98 Å². The maximum Gasteiger partial charge on any atom is 0.244 e. The van der Waals surface area contributed by atoms with Gasteiger partial charge in [-0.1, -0.05) is 5.16 Å². The van der Waals surface area contributed by atoms with Crippen LogP contribution in [0.5, 0.6) is 0 Å². The van der Waals surface area contributed by atoms with Crippen LogP contribution < -0.4 is 11.1 Å². The standard InChI is InChI=1S/C8H14N4OS.ClH/c1-5(9)2-7-11-8(13-12-7)6-3-14-4-10-6;/h5-6,10H,2-4,9H2,1H3;1H/t5?,6-;/m1./s1. The van der Waals surface area contributed by atoms with Gasteiger partial charge in [0, 0.05) is 24.1 Å². The van der Waals surface area contributed by atoms with Gasteiger partial charge >= 0.3 is 0 Å². The van der Waals surface area contributed by atoms with E-state index in [1.807, 2.05) is 18.7 Å². The number of nitrogens with one attached hydrogen (secondary N) is 1. The summed E-state index contributed by atoms with van der Waals surface area (Å²) in [5.74, 6) is 3.34. The van der Waals surface area contributed by atoms with Crippen LogP contribution in [0, 0.1) is 0 Å². The first-order valence-corrected chi connectivity index (χ1v) is 5.80. The number of thioether (sulfide) groups is 1. The lowest BCUT2D eigenvalue weighted by Crippen LogP contribution is -2.19. The Morgan fingerprint density at radius 1 is 1.73 bits per heavy atom. The molecule has 1 aliphatic rings. The first-order valence-electron chi connectivity index (χ1n) is 4.65. The molecule has 1 aromatic rings. The third-order valence-corrected chi connectivity index (χ3v) is 2.94. The molecule has 1 unspecified atom stereocenters. The van der Waals surface area contributed by atoms with E-state index in [-0.39, 0.29) is 24.5 Å². The van der Waals surface area contributed by atoms with E-state index in [9.17, 15) is 0 Å². The lowest BCUT2D eigenvalue weighted by molar-refractivity contribution is 0.346. The van der Waals surface area contributed by atoms with Crippen molar-refractivity contribution < 1.29 is 4.52 Å². The maximum absolute atomic E-state index is 5.65. The quantitative estimate of drug-likeness (QED) is 0.823. The predicted molar refractivity (Wildman–Crippen MR) is 62.1 cm³/mol. The zero-order valence-electron chi connectivity index (χ0n) is 8.47. The SMILES string of the molecule is CC(N)Cc1noc([C@H]2CSCN2)n1.Cl. The van der Waals surface area contributed by atoms with Gasteiger partial charge in [0.15, 0.2) is 5.82 Å². The Balaban J connectivity index is 0.00000112. The van der Waals surface area contributed by atoms with Crippen LogP contribution in [0.2, 0.25) is 0 Å². The Labute approximate surface area is 99.0 Å². The number of nitrogens with two attached hydrogens (primary N) is 1. The second-order valence-corrected chi connectivity index (χ2v) is 4.53. The first-order chi connectivity index (χ1) is 6.75. The molecule has 1 fully saturated rings. The van der Waals surface area contributed by atoms with E-state index >= 15 is 0 Å². The number of hydrogen-bond acceptors (Lipinski definition) is 6. The van der Waals surface area contributed by atoms with Crippen LogP contribution in [0.1, 0.15) is 24.7 Å². The van der Waals surface area contributed by atoms with Crippen LogP contribution in [0.4, 0.5) is 0 Å². The van der Waals surface area contributed by atoms with E-state index in [1.54, 1.807) is 0 Å². The molecule has 1 aliphatic heterocycles. The number of aromatic nitrogens is 2. The van der Waals surface area contributed by atoms with E-state index in [0.29, 0.717) is 18.1 Å². The molecule has 0 bridgehead atoms. The first kappa shape index (κ1) is 12.8. The van der Waals surface area contributed by atoms with E-state index < -0.39 is 0 Å². The summed E-state index contributed by atoms with van der Waals surface area (Å²) < 4.78 is 5.16. The van der Waals surface area contributed by atoms with Crippen molar-refractivity contribution in [2.75, 3.05) is 11.6 Å². The largest absolute Gasteiger partial charge is 0.338 e. The zero-order valence-corrected chi connectivity index (χ0v) is 10.1. The molecule has 7 heteroatoms. The van der Waals surface area contributed by atoms with Crippen LogP contribution in [-0.2, 0) is 6.42 Å². The number of nitrogens with zero attached hydrogens (tertiary/aromatic N) is 2. The van der Waals surface area contributed by atoms with E-state index in [2.05, 4.69) is 15.5 Å². The molecule has 15 heavy (non-hydrogen) atoms. The Morgan fingerprint density at radius 3 is 3.13 bits per heavy atom. The second kappa shape index (κ2) is 5.69. The van der Waals surface area contributed by atoms with Gasteiger partial charge in [0.2, 0.25) is 5.89 Å². The summed E-state index contributed by atoms with van der Waals surface area (Å²) in [6.45, 7) is 1.93. The van der Waals surface area contributed by atoms with Gasteiger partial charge in [-0.05, 0) is 6.92 Å². The maximum atomic E-state index is 5.65. The number of halogens is 1. The van der Waals surface area contributed by atoms with Gasteiger partial charge in [0.05, 0.1) is 6.04 Å². The van der Waals surface area contributed by atoms with Crippen LogP contribution in [0.25, 0.3) is 0 Å². The van der Waals surface area contributed by atoms with Crippen molar-refractivity contribution in [2.45, 2.75) is 25.4 Å². The third kappa shape index (κ3) is 3.34. The summed E-state index contributed by atoms with van der Waals surface area (Å²) in [4.78, 5) is 4.30. The molecule has 0 saturated carbocycles. The highest BCUT2D eigenvalue weighted by molar-refractivity contribution is 7.99. The minimum atomic E-state index is 0. The minimum Gasteiger partial charge on any atom is -0.338 e. The van der Waals surface area contributed by atoms with Gasteiger partial charge in [-0.3, -0.25) is 5.32 Å². The lowest BCUT2D eigenvalue weighted by atomic mass is 10.2. The molecule has 3 N–H and O–H groups in total. The van der Waals surface area contributed by atoms with Gasteiger partial charge in [-0.15, -0.1) is 24.2 Å². The monoisotopic (exact) mass is 250 g/mol. The third-order valence-electron chi connectivity index (χ3n) is 2.00. The fraction of sp³-hybridized carbons (Fsp3) is 0.750. The minimum absolute atomic E-state index is 0. The molecule has 0 aliphatic carbocycles. The molecule has 0 radical (unpaired) electrons. The van der Waals surface area contributed by atoms with Crippen LogP contribution in [0.15, 0.2) is 4.52 Å². The topological polar surface area (TPSA) is 77.0 Å². The van der Waals surface area contributed by atoms with E-state index in [4.69, 9.17) is 10.3 Å². The number of rotatable bonds is 3. The normalized spacial score (nSPS) is 22.4. The van der Waals surface area contributed by atoms with Crippen molar-refractivity contribution in [3.05, 3.63) is 11.7 Å². The van der Waals surface area contributed by atoms with Crippen molar-refractivity contribution >= 4 is 24.2 Å². The molecule has 0 spiro atoms. The molecule has 1 saturated heterocycles. The van der Waals surface area contributed by atoms with Gasteiger partial charge in [0.25, 0.3) is 0 Å². The molecule has 1 aromatic heterocycles. The fourth-order valence-electron chi connectivity index (χ4n) is 1.33. The molecule has 86 valence electrons. The molecule has 5 nitrogen and oxygen atoms in total. The highest BCUT2D eigenvalue weighted by Crippen LogP contribution is 2.22. The Kier molecular flexibility index (Phi) is 4.85. The molecule has 0 aromatic carbocycles. The summed E-state index contributed by atoms with van der Waals surface area (Å²) in [7, 11) is 0. The van der Waals surface area contributed by atoms with Crippen LogP contribution in [-0.4, -0.2) is 27.8 Å². The summed E-state index contributed by atoms with van der Waals surface area (Å²) in [5, 5.41) is 7.16. The average Bonchev–Trinajstić information content (AvgIpc) is 2.69. The predicted octanol–water partition coefficient (Wildman–Crippen LogP) is 0.716. The van der Waals surface area contributed by atoms with Crippen molar-refractivity contribution in [2.24, 2.45) is 5.73 Å². The highest BCUT2D eigenvalue weighted by atomic mass is 35.5. The second-order valence-electron chi connectivity index (χ2n) is 3.50. The summed E-state index contributed by atoms with van der Waals surface area (Å²) in [6, 6.07) is 0.292. The summed E-state index contributed by atoms with van der Waals surface area (Å²) in [6.07, 6.45) is 0.670. The Bertz CT molecular complexity index is 301. The Hall–Kier alpha value is -0.300. The molecule has 0 amide bonds. The lowest BCUT2D eigenvalue weighted by Gasteiger charge is -2.00. The van der Waals surface area contributed by atoms with Crippen LogP contribution in [0.3, 0.4) is 0 Å². The van der Waals surface area contributed by atoms with Crippen molar-refractivity contribution in [1.82, 2.24) is 15.5 Å². The van der Waals surface area contributed by atoms with Crippen molar-refractivity contribution in [3.8, 4) is 0 Å². The molecule has 2 atom stereocenters. The average molecular weight is 251 g/mol. The summed E-state index contributed by atoms with van der Waals surface area (Å²) in [5.41, 5.74) is 5.65. The van der Waals surface area contributed by atoms with Gasteiger partial charge in [0.1, 0.15) is 0 Å². The summed E-state index contributed by atoms with van der Waals surface area (Å²) >= 11 is 1.84. The molecule has 2 rings (SSSR count). The van der Waals surface area contributed by atoms with Gasteiger partial charge in [-0.25, -0.2) is 0 Å². The van der Waals surface area contributed by atoms with Crippen molar-refractivity contribution in [1.29, 1.82) is 0 Å². The van der Waals surface area contributed by atoms with Gasteiger partial charge < -0.3 is 10.3 Å². The molecular weight excluding hydrogens is 236 g/mol. The van der Waals surface area contributed by atoms with Crippen LogP contribution >= 0.6 is 24.2 Å². The number of hydrogen-bond donors (Lipinski definition) is 2. The molecular formula is C8H15ClN4OS. The van der Waals surface area contributed by atoms with E-state index in [0.717, 1.165) is 11.6 Å². The smallest absolute Gasteiger partial charge is 0.244 e. The molecule has 2 heterocycles. The highest BCUT2D eigenvalue weighted by Gasteiger charge is 2.22. The van der Waals surface area contributed by atoms with Crippen molar-refractivity contribution in [3.63, 3.8) is 0 Å². The Morgan fingerprint density at radius 2 is 2.53 bits per heavy atom. The zero-order chi connectivity index (χ0) is 9.97. The fourth-order valence-corrected chi connectivity index (χ4v) is 2.27.